The van der Waals surface area contributed by atoms with Gasteiger partial charge in [0.05, 0.1) is 0 Å². The van der Waals surface area contributed by atoms with Crippen molar-refractivity contribution in [3.05, 3.63) is 29.3 Å². The lowest BCUT2D eigenvalue weighted by Gasteiger charge is -2.16. The summed E-state index contributed by atoms with van der Waals surface area (Å²) in [5.41, 5.74) is 0. The van der Waals surface area contributed by atoms with E-state index in [0.29, 0.717) is 17.3 Å². The first kappa shape index (κ1) is 14.8. The zero-order valence-electron chi connectivity index (χ0n) is 10.9. The number of nitrogens with zero attached hydrogens (tertiary/aromatic N) is 1. The summed E-state index contributed by atoms with van der Waals surface area (Å²) in [4.78, 5) is 13.7. The number of rotatable bonds is 6. The van der Waals surface area contributed by atoms with Crippen LogP contribution in [0.15, 0.2) is 24.3 Å². The number of carbonyl (C=O) groups is 1. The van der Waals surface area contributed by atoms with Crippen molar-refractivity contribution in [2.24, 2.45) is 0 Å². The van der Waals surface area contributed by atoms with E-state index < -0.39 is 6.10 Å². The number of benzene rings is 1. The van der Waals surface area contributed by atoms with E-state index in [1.807, 2.05) is 19.0 Å². The van der Waals surface area contributed by atoms with Gasteiger partial charge in [-0.2, -0.15) is 0 Å². The third kappa shape index (κ3) is 5.38. The van der Waals surface area contributed by atoms with Crippen LogP contribution < -0.4 is 10.1 Å². The maximum absolute atomic E-state index is 11.7. The van der Waals surface area contributed by atoms with E-state index in [4.69, 9.17) is 16.3 Å². The number of ether oxygens (including phenoxy) is 1. The Kier molecular flexibility index (Phi) is 5.95. The SMILES string of the molecule is C[C@H](Oc1ccc(Cl)cc1)C(=O)NCCN(C)C. The third-order valence-electron chi connectivity index (χ3n) is 2.35. The Balaban J connectivity index is 2.37. The Bertz CT molecular complexity index is 379. The summed E-state index contributed by atoms with van der Waals surface area (Å²) in [5.74, 6) is 0.515. The van der Waals surface area contributed by atoms with Crippen molar-refractivity contribution in [3.8, 4) is 5.75 Å². The lowest BCUT2D eigenvalue weighted by Crippen LogP contribution is -2.39. The molecule has 100 valence electrons. The van der Waals surface area contributed by atoms with Gasteiger partial charge >= 0.3 is 0 Å². The fourth-order valence-corrected chi connectivity index (χ4v) is 1.44. The van der Waals surface area contributed by atoms with E-state index in [-0.39, 0.29) is 5.91 Å². The van der Waals surface area contributed by atoms with Gasteiger partial charge in [0.1, 0.15) is 5.75 Å². The van der Waals surface area contributed by atoms with Crippen LogP contribution in [0.2, 0.25) is 5.02 Å². The first-order valence-electron chi connectivity index (χ1n) is 5.83. The molecular weight excluding hydrogens is 252 g/mol. The number of carbonyl (C=O) groups excluding carboxylic acids is 1. The second-order valence-electron chi connectivity index (χ2n) is 4.31. The minimum absolute atomic E-state index is 0.119. The van der Waals surface area contributed by atoms with Gasteiger partial charge in [0.2, 0.25) is 0 Å². The summed E-state index contributed by atoms with van der Waals surface area (Å²) < 4.78 is 5.50. The predicted molar refractivity (Wildman–Crippen MR) is 73.1 cm³/mol. The molecule has 0 aliphatic rings. The maximum atomic E-state index is 11.7. The summed E-state index contributed by atoms with van der Waals surface area (Å²) in [6.45, 7) is 3.14. The van der Waals surface area contributed by atoms with Crippen molar-refractivity contribution in [3.63, 3.8) is 0 Å². The number of amides is 1. The molecule has 1 rings (SSSR count). The average Bonchev–Trinajstić information content (AvgIpc) is 2.31. The van der Waals surface area contributed by atoms with Crippen molar-refractivity contribution < 1.29 is 9.53 Å². The van der Waals surface area contributed by atoms with Crippen LogP contribution in [-0.4, -0.2) is 44.1 Å². The summed E-state index contributed by atoms with van der Waals surface area (Å²) in [6, 6.07) is 6.94. The minimum Gasteiger partial charge on any atom is -0.481 e. The van der Waals surface area contributed by atoms with Crippen LogP contribution in [0, 0.1) is 0 Å². The topological polar surface area (TPSA) is 41.6 Å². The second kappa shape index (κ2) is 7.24. The van der Waals surface area contributed by atoms with Gasteiger partial charge in [-0.25, -0.2) is 0 Å². The van der Waals surface area contributed by atoms with Gasteiger partial charge in [-0.1, -0.05) is 11.6 Å². The van der Waals surface area contributed by atoms with Gasteiger partial charge < -0.3 is 15.0 Å². The van der Waals surface area contributed by atoms with Crippen molar-refractivity contribution in [2.75, 3.05) is 27.2 Å². The molecule has 1 atom stereocenters. The molecule has 0 aromatic heterocycles. The summed E-state index contributed by atoms with van der Waals surface area (Å²) in [6.07, 6.45) is -0.520. The molecule has 0 aliphatic carbocycles. The van der Waals surface area contributed by atoms with Crippen LogP contribution in [-0.2, 0) is 4.79 Å². The zero-order valence-corrected chi connectivity index (χ0v) is 11.7. The summed E-state index contributed by atoms with van der Waals surface area (Å²) >= 11 is 5.77. The molecule has 0 fully saturated rings. The Morgan fingerprint density at radius 3 is 2.56 bits per heavy atom. The highest BCUT2D eigenvalue weighted by Crippen LogP contribution is 2.16. The summed E-state index contributed by atoms with van der Waals surface area (Å²) in [7, 11) is 3.92. The Morgan fingerprint density at radius 1 is 1.39 bits per heavy atom. The van der Waals surface area contributed by atoms with E-state index in [9.17, 15) is 4.79 Å². The molecule has 1 N–H and O–H groups in total. The number of halogens is 1. The third-order valence-corrected chi connectivity index (χ3v) is 2.61. The van der Waals surface area contributed by atoms with Gasteiger partial charge in [0, 0.05) is 18.1 Å². The van der Waals surface area contributed by atoms with Gasteiger partial charge in [-0.3, -0.25) is 4.79 Å². The van der Waals surface area contributed by atoms with Crippen molar-refractivity contribution >= 4 is 17.5 Å². The van der Waals surface area contributed by atoms with Crippen LogP contribution in [0.3, 0.4) is 0 Å². The molecule has 1 aromatic carbocycles. The molecule has 0 unspecified atom stereocenters. The highest BCUT2D eigenvalue weighted by molar-refractivity contribution is 6.30. The molecule has 5 heteroatoms. The Hall–Kier alpha value is -1.26. The molecule has 1 amide bonds. The van der Waals surface area contributed by atoms with Crippen LogP contribution in [0.1, 0.15) is 6.92 Å². The lowest BCUT2D eigenvalue weighted by atomic mass is 10.3. The average molecular weight is 271 g/mol. The maximum Gasteiger partial charge on any atom is 0.260 e. The van der Waals surface area contributed by atoms with Gasteiger partial charge in [-0.15, -0.1) is 0 Å². The molecule has 0 spiro atoms. The minimum atomic E-state index is -0.520. The molecule has 0 aliphatic heterocycles. The van der Waals surface area contributed by atoms with Crippen molar-refractivity contribution in [2.45, 2.75) is 13.0 Å². The van der Waals surface area contributed by atoms with Crippen LogP contribution in [0.4, 0.5) is 0 Å². The molecular formula is C13H19ClN2O2. The van der Waals surface area contributed by atoms with E-state index in [0.717, 1.165) is 6.54 Å². The lowest BCUT2D eigenvalue weighted by molar-refractivity contribution is -0.127. The number of hydrogen-bond acceptors (Lipinski definition) is 3. The molecule has 0 bridgehead atoms. The Morgan fingerprint density at radius 2 is 2.00 bits per heavy atom. The molecule has 18 heavy (non-hydrogen) atoms. The summed E-state index contributed by atoms with van der Waals surface area (Å²) in [5, 5.41) is 3.46. The number of likely N-dealkylation sites (N-methyl/N-ethyl adjacent to an activating group) is 1. The number of nitrogens with one attached hydrogen (secondary N) is 1. The first-order valence-corrected chi connectivity index (χ1v) is 6.21. The standard InChI is InChI=1S/C13H19ClN2O2/c1-10(13(17)15-8-9-16(2)3)18-12-6-4-11(14)5-7-12/h4-7,10H,8-9H2,1-3H3,(H,15,17)/t10-/m0/s1. The van der Waals surface area contributed by atoms with E-state index >= 15 is 0 Å². The highest BCUT2D eigenvalue weighted by atomic mass is 35.5. The Labute approximate surface area is 113 Å². The van der Waals surface area contributed by atoms with Crippen molar-refractivity contribution in [1.82, 2.24) is 10.2 Å². The van der Waals surface area contributed by atoms with Crippen LogP contribution in [0.5, 0.6) is 5.75 Å². The first-order chi connectivity index (χ1) is 8.49. The normalized spacial score (nSPS) is 12.3. The molecule has 0 saturated heterocycles. The fraction of sp³-hybridized carbons (Fsp3) is 0.462. The highest BCUT2D eigenvalue weighted by Gasteiger charge is 2.13. The molecule has 4 nitrogen and oxygen atoms in total. The number of hydrogen-bond donors (Lipinski definition) is 1. The van der Waals surface area contributed by atoms with E-state index in [1.165, 1.54) is 0 Å². The largest absolute Gasteiger partial charge is 0.481 e. The van der Waals surface area contributed by atoms with E-state index in [2.05, 4.69) is 5.32 Å². The predicted octanol–water partition coefficient (Wildman–Crippen LogP) is 1.79. The van der Waals surface area contributed by atoms with E-state index in [1.54, 1.807) is 31.2 Å². The van der Waals surface area contributed by atoms with Crippen molar-refractivity contribution in [1.29, 1.82) is 0 Å². The van der Waals surface area contributed by atoms with Crippen LogP contribution >= 0.6 is 11.6 Å². The van der Waals surface area contributed by atoms with Gasteiger partial charge in [0.15, 0.2) is 6.10 Å². The fourth-order valence-electron chi connectivity index (χ4n) is 1.32. The molecule has 0 saturated carbocycles. The van der Waals surface area contributed by atoms with Crippen LogP contribution in [0.25, 0.3) is 0 Å². The smallest absolute Gasteiger partial charge is 0.260 e. The monoisotopic (exact) mass is 270 g/mol. The second-order valence-corrected chi connectivity index (χ2v) is 4.74. The zero-order chi connectivity index (χ0) is 13.5. The molecule has 0 heterocycles. The van der Waals surface area contributed by atoms with Gasteiger partial charge in [-0.05, 0) is 45.3 Å². The quantitative estimate of drug-likeness (QED) is 0.857. The molecule has 0 radical (unpaired) electrons. The van der Waals surface area contributed by atoms with Gasteiger partial charge in [0.25, 0.3) is 5.91 Å². The molecule has 1 aromatic rings.